The molecule has 10 aromatic carbocycles. The van der Waals surface area contributed by atoms with Crippen LogP contribution in [0, 0.1) is 11.3 Å². The van der Waals surface area contributed by atoms with Crippen LogP contribution >= 0.6 is 11.8 Å². The van der Waals surface area contributed by atoms with E-state index in [-0.39, 0.29) is 0 Å². The summed E-state index contributed by atoms with van der Waals surface area (Å²) < 4.78 is 0. The molecule has 2 aliphatic rings. The van der Waals surface area contributed by atoms with Gasteiger partial charge in [-0.2, -0.15) is 5.26 Å². The molecular formula is C58H35NS. The Labute approximate surface area is 353 Å². The molecule has 0 bridgehead atoms. The number of rotatable bonds is 4. The van der Waals surface area contributed by atoms with Gasteiger partial charge in [-0.15, -0.1) is 0 Å². The van der Waals surface area contributed by atoms with Crippen molar-refractivity contribution in [1.82, 2.24) is 0 Å². The van der Waals surface area contributed by atoms with E-state index in [0.29, 0.717) is 5.56 Å². The van der Waals surface area contributed by atoms with E-state index in [2.05, 4.69) is 194 Å². The summed E-state index contributed by atoms with van der Waals surface area (Å²) in [5.74, 6) is 0. The zero-order chi connectivity index (χ0) is 39.8. The van der Waals surface area contributed by atoms with Crippen molar-refractivity contribution in [2.24, 2.45) is 0 Å². The average Bonchev–Trinajstić information content (AvgIpc) is 3.61. The van der Waals surface area contributed by atoms with Crippen molar-refractivity contribution in [2.45, 2.75) is 15.2 Å². The molecule has 1 aliphatic heterocycles. The second kappa shape index (κ2) is 13.6. The highest BCUT2D eigenvalue weighted by Crippen LogP contribution is 2.64. The third kappa shape index (κ3) is 5.00. The van der Waals surface area contributed by atoms with Gasteiger partial charge in [0.25, 0.3) is 0 Å². The lowest BCUT2D eigenvalue weighted by Crippen LogP contribution is -2.32. The fourth-order valence-corrected chi connectivity index (χ4v) is 11.5. The fourth-order valence-electron chi connectivity index (χ4n) is 10.2. The molecule has 2 heteroatoms. The van der Waals surface area contributed by atoms with Crippen LogP contribution in [-0.2, 0) is 5.41 Å². The van der Waals surface area contributed by atoms with Crippen molar-refractivity contribution in [1.29, 1.82) is 5.26 Å². The standard InChI is InChI=1S/C58H35NS/c59-36-37-25-27-38(28-26-37)39-29-31-40(32-30-39)42-33-34-44-43-15-8-9-21-50(43)58(53(44)35-42)51-22-10-11-24-54(51)60-57-49(20-12-23-52(57)58)56-47-18-6-4-16-45(47)55(41-13-2-1-3-14-41)46-17-5-7-19-48(46)56/h1-35H. The zero-order valence-corrected chi connectivity index (χ0v) is 33.4. The van der Waals surface area contributed by atoms with Gasteiger partial charge in [0.15, 0.2) is 0 Å². The van der Waals surface area contributed by atoms with Gasteiger partial charge in [0, 0.05) is 9.79 Å². The molecule has 1 heterocycles. The first-order chi connectivity index (χ1) is 29.7. The van der Waals surface area contributed by atoms with Crippen LogP contribution in [0.1, 0.15) is 27.8 Å². The summed E-state index contributed by atoms with van der Waals surface area (Å²) in [6, 6.07) is 80.1. The van der Waals surface area contributed by atoms with Crippen molar-refractivity contribution in [3.05, 3.63) is 240 Å². The number of benzene rings is 10. The van der Waals surface area contributed by atoms with E-state index >= 15 is 0 Å². The summed E-state index contributed by atoms with van der Waals surface area (Å²) in [7, 11) is 0. The molecule has 0 radical (unpaired) electrons. The molecule has 0 saturated carbocycles. The Balaban J connectivity index is 1.11. The molecule has 12 rings (SSSR count). The Morgan fingerprint density at radius 1 is 0.350 bits per heavy atom. The number of nitriles is 1. The van der Waals surface area contributed by atoms with E-state index in [1.807, 2.05) is 36.0 Å². The molecule has 1 aliphatic carbocycles. The Hall–Kier alpha value is -7.44. The molecule has 60 heavy (non-hydrogen) atoms. The van der Waals surface area contributed by atoms with E-state index in [4.69, 9.17) is 0 Å². The van der Waals surface area contributed by atoms with Crippen LogP contribution in [0.5, 0.6) is 0 Å². The summed E-state index contributed by atoms with van der Waals surface area (Å²) in [4.78, 5) is 2.59. The van der Waals surface area contributed by atoms with Gasteiger partial charge in [0.2, 0.25) is 0 Å². The summed E-state index contributed by atoms with van der Waals surface area (Å²) in [6.45, 7) is 0. The van der Waals surface area contributed by atoms with Gasteiger partial charge >= 0.3 is 0 Å². The predicted octanol–water partition coefficient (Wildman–Crippen LogP) is 15.4. The van der Waals surface area contributed by atoms with Crippen LogP contribution in [-0.4, -0.2) is 0 Å². The molecule has 278 valence electrons. The maximum atomic E-state index is 9.32. The monoisotopic (exact) mass is 777 g/mol. The first-order valence-electron chi connectivity index (χ1n) is 20.5. The number of nitrogens with zero attached hydrogens (tertiary/aromatic N) is 1. The molecule has 0 fully saturated rings. The van der Waals surface area contributed by atoms with E-state index in [1.165, 1.54) is 98.1 Å². The van der Waals surface area contributed by atoms with Crippen LogP contribution in [0.4, 0.5) is 0 Å². The Morgan fingerprint density at radius 2 is 0.850 bits per heavy atom. The summed E-state index contributed by atoms with van der Waals surface area (Å²) in [6.07, 6.45) is 0. The third-order valence-corrected chi connectivity index (χ3v) is 14.0. The van der Waals surface area contributed by atoms with E-state index in [9.17, 15) is 5.26 Å². The third-order valence-electron chi connectivity index (χ3n) is 12.8. The maximum absolute atomic E-state index is 9.32. The summed E-state index contributed by atoms with van der Waals surface area (Å²) in [5, 5.41) is 14.4. The molecular weight excluding hydrogens is 743 g/mol. The smallest absolute Gasteiger partial charge is 0.0991 e. The number of hydrogen-bond donors (Lipinski definition) is 0. The van der Waals surface area contributed by atoms with Gasteiger partial charge in [0.05, 0.1) is 17.0 Å². The molecule has 0 aromatic heterocycles. The van der Waals surface area contributed by atoms with Crippen molar-refractivity contribution < 1.29 is 0 Å². The van der Waals surface area contributed by atoms with Gasteiger partial charge in [-0.1, -0.05) is 200 Å². The summed E-state index contributed by atoms with van der Waals surface area (Å²) >= 11 is 1.92. The highest BCUT2D eigenvalue weighted by atomic mass is 32.2. The molecule has 0 amide bonds. The molecule has 10 aromatic rings. The number of fused-ring (bicyclic) bond motifs is 11. The minimum atomic E-state index is -0.535. The zero-order valence-electron chi connectivity index (χ0n) is 32.6. The largest absolute Gasteiger partial charge is 0.192 e. The fraction of sp³-hybridized carbons (Fsp3) is 0.0172. The lowest BCUT2D eigenvalue weighted by atomic mass is 9.66. The van der Waals surface area contributed by atoms with E-state index in [1.54, 1.807) is 0 Å². The van der Waals surface area contributed by atoms with Crippen LogP contribution in [0.25, 0.3) is 77.2 Å². The maximum Gasteiger partial charge on any atom is 0.0991 e. The van der Waals surface area contributed by atoms with Crippen LogP contribution in [0.3, 0.4) is 0 Å². The highest BCUT2D eigenvalue weighted by Gasteiger charge is 2.50. The van der Waals surface area contributed by atoms with Gasteiger partial charge in [0.1, 0.15) is 0 Å². The first-order valence-corrected chi connectivity index (χ1v) is 21.3. The lowest BCUT2D eigenvalue weighted by Gasteiger charge is -2.40. The molecule has 1 spiro atoms. The molecule has 0 N–H and O–H groups in total. The quantitative estimate of drug-likeness (QED) is 0.166. The topological polar surface area (TPSA) is 23.8 Å². The lowest BCUT2D eigenvalue weighted by molar-refractivity contribution is 0.723. The predicted molar refractivity (Wildman–Crippen MR) is 249 cm³/mol. The first kappa shape index (κ1) is 34.6. The molecule has 1 atom stereocenters. The van der Waals surface area contributed by atoms with E-state index in [0.717, 1.165) is 11.1 Å². The van der Waals surface area contributed by atoms with Crippen molar-refractivity contribution in [3.63, 3.8) is 0 Å². The van der Waals surface area contributed by atoms with E-state index < -0.39 is 5.41 Å². The summed E-state index contributed by atoms with van der Waals surface area (Å²) in [5.41, 5.74) is 17.6. The van der Waals surface area contributed by atoms with Crippen molar-refractivity contribution in [2.75, 3.05) is 0 Å². The van der Waals surface area contributed by atoms with Crippen molar-refractivity contribution in [3.8, 4) is 61.7 Å². The van der Waals surface area contributed by atoms with Gasteiger partial charge in [-0.3, -0.25) is 0 Å². The van der Waals surface area contributed by atoms with Crippen LogP contribution in [0.2, 0.25) is 0 Å². The molecule has 0 saturated heterocycles. The Kier molecular flexibility index (Phi) is 7.82. The minimum Gasteiger partial charge on any atom is -0.192 e. The molecule has 1 nitrogen and oxygen atoms in total. The Bertz CT molecular complexity index is 3340. The Morgan fingerprint density at radius 3 is 1.53 bits per heavy atom. The normalized spacial score (nSPS) is 14.7. The van der Waals surface area contributed by atoms with Crippen molar-refractivity contribution >= 4 is 33.3 Å². The second-order valence-corrected chi connectivity index (χ2v) is 16.9. The SMILES string of the molecule is N#Cc1ccc(-c2ccc(-c3ccc4c(c3)C3(c5ccccc5Sc5c(-c6c7ccccc7c(-c7ccccc7)c7ccccc67)cccc53)c3ccccc3-4)cc2)cc1. The number of hydrogen-bond acceptors (Lipinski definition) is 2. The average molecular weight is 778 g/mol. The molecule has 1 unspecified atom stereocenters. The van der Waals surface area contributed by atoms with Gasteiger partial charge in [-0.05, 0) is 124 Å². The minimum absolute atomic E-state index is 0.535. The second-order valence-electron chi connectivity index (χ2n) is 15.8. The van der Waals surface area contributed by atoms with Crippen LogP contribution in [0.15, 0.2) is 222 Å². The van der Waals surface area contributed by atoms with Crippen LogP contribution < -0.4 is 0 Å². The van der Waals surface area contributed by atoms with Gasteiger partial charge in [-0.25, -0.2) is 0 Å². The van der Waals surface area contributed by atoms with Gasteiger partial charge < -0.3 is 0 Å². The highest BCUT2D eigenvalue weighted by molar-refractivity contribution is 7.99.